The Morgan fingerprint density at radius 1 is 0.968 bits per heavy atom. The Morgan fingerprint density at radius 3 is 2.39 bits per heavy atom. The molecule has 158 valence electrons. The minimum absolute atomic E-state index is 0.146. The number of carboxylic acids is 1. The molecule has 0 radical (unpaired) electrons. The highest BCUT2D eigenvalue weighted by Gasteiger charge is 2.22. The molecule has 4 rings (SSSR count). The van der Waals surface area contributed by atoms with Crippen LogP contribution in [0.25, 0.3) is 10.9 Å². The summed E-state index contributed by atoms with van der Waals surface area (Å²) in [4.78, 5) is 12.2. The van der Waals surface area contributed by atoms with Crippen LogP contribution in [-0.2, 0) is 19.6 Å². The van der Waals surface area contributed by atoms with Crippen molar-refractivity contribution in [2.75, 3.05) is 0 Å². The zero-order valence-corrected chi connectivity index (χ0v) is 17.2. The quantitative estimate of drug-likeness (QED) is 0.393. The largest absolute Gasteiger partial charge is 0.477 e. The fourth-order valence-corrected chi connectivity index (χ4v) is 3.94. The average Bonchev–Trinajstić information content (AvgIpc) is 3.05. The summed E-state index contributed by atoms with van der Waals surface area (Å²) < 4.78 is 28.2. The lowest BCUT2D eigenvalue weighted by molar-refractivity contribution is 0.0684. The molecule has 2 N–H and O–H groups in total. The predicted octanol–water partition coefficient (Wildman–Crippen LogP) is 5.61. The summed E-state index contributed by atoms with van der Waals surface area (Å²) in [5.74, 6) is -1.82. The van der Waals surface area contributed by atoms with E-state index in [2.05, 4.69) is 5.32 Å². The Hall–Kier alpha value is -3.22. The highest BCUT2D eigenvalue weighted by Crippen LogP contribution is 2.29. The van der Waals surface area contributed by atoms with Gasteiger partial charge in [0.25, 0.3) is 0 Å². The van der Waals surface area contributed by atoms with Crippen molar-refractivity contribution in [2.45, 2.75) is 19.6 Å². The second kappa shape index (κ2) is 8.88. The van der Waals surface area contributed by atoms with Crippen LogP contribution in [-0.4, -0.2) is 15.6 Å². The van der Waals surface area contributed by atoms with Crippen LogP contribution >= 0.6 is 11.6 Å². The highest BCUT2D eigenvalue weighted by atomic mass is 35.5. The molecule has 0 aliphatic rings. The Balaban J connectivity index is 1.70. The van der Waals surface area contributed by atoms with Crippen LogP contribution in [0, 0.1) is 11.6 Å². The van der Waals surface area contributed by atoms with Gasteiger partial charge in [0, 0.05) is 41.1 Å². The number of hydrogen-bond acceptors (Lipinski definition) is 2. The van der Waals surface area contributed by atoms with E-state index in [1.54, 1.807) is 22.8 Å². The molecule has 0 bridgehead atoms. The predicted molar refractivity (Wildman–Crippen MR) is 116 cm³/mol. The lowest BCUT2D eigenvalue weighted by Crippen LogP contribution is -2.17. The number of benzene rings is 3. The molecule has 0 fully saturated rings. The first-order chi connectivity index (χ1) is 14.9. The van der Waals surface area contributed by atoms with E-state index in [-0.39, 0.29) is 23.1 Å². The molecular weight excluding hydrogens is 422 g/mol. The van der Waals surface area contributed by atoms with Crippen molar-refractivity contribution in [1.29, 1.82) is 0 Å². The number of aromatic carboxylic acids is 1. The van der Waals surface area contributed by atoms with Gasteiger partial charge in [0.15, 0.2) is 0 Å². The fourth-order valence-electron chi connectivity index (χ4n) is 3.72. The molecule has 31 heavy (non-hydrogen) atoms. The van der Waals surface area contributed by atoms with E-state index in [9.17, 15) is 18.7 Å². The van der Waals surface area contributed by atoms with Crippen LogP contribution in [0.4, 0.5) is 8.78 Å². The maximum atomic E-state index is 13.4. The topological polar surface area (TPSA) is 54.3 Å². The molecule has 0 saturated carbocycles. The number of nitrogens with zero attached hydrogens (tertiary/aromatic N) is 1. The van der Waals surface area contributed by atoms with Crippen LogP contribution in [0.3, 0.4) is 0 Å². The third kappa shape index (κ3) is 4.45. The van der Waals surface area contributed by atoms with E-state index in [1.807, 2.05) is 24.3 Å². The third-order valence-corrected chi connectivity index (χ3v) is 5.52. The number of carbonyl (C=O) groups is 1. The highest BCUT2D eigenvalue weighted by molar-refractivity contribution is 6.31. The van der Waals surface area contributed by atoms with E-state index >= 15 is 0 Å². The second-order valence-electron chi connectivity index (χ2n) is 7.20. The summed E-state index contributed by atoms with van der Waals surface area (Å²) >= 11 is 6.19. The van der Waals surface area contributed by atoms with Gasteiger partial charge < -0.3 is 15.0 Å². The molecule has 0 saturated heterocycles. The normalized spacial score (nSPS) is 11.2. The van der Waals surface area contributed by atoms with Gasteiger partial charge in [0.05, 0.1) is 0 Å². The van der Waals surface area contributed by atoms with Gasteiger partial charge in [-0.3, -0.25) is 0 Å². The standard InChI is InChI=1S/C24H19ClF2N2O2/c25-21-11-18(27)10-7-16(21)14-29-22-4-2-1-3-19(22)20(23(29)24(30)31)13-28-12-15-5-8-17(26)9-6-15/h1-11,28H,12-14H2,(H,30,31). The third-order valence-electron chi connectivity index (χ3n) is 5.17. The number of hydrogen-bond donors (Lipinski definition) is 2. The smallest absolute Gasteiger partial charge is 0.352 e. The van der Waals surface area contributed by atoms with Gasteiger partial charge >= 0.3 is 5.97 Å². The van der Waals surface area contributed by atoms with Crippen molar-refractivity contribution in [3.8, 4) is 0 Å². The Morgan fingerprint density at radius 2 is 1.68 bits per heavy atom. The Kier molecular flexibility index (Phi) is 6.02. The molecule has 0 spiro atoms. The van der Waals surface area contributed by atoms with Crippen molar-refractivity contribution in [2.24, 2.45) is 0 Å². The van der Waals surface area contributed by atoms with Gasteiger partial charge in [-0.2, -0.15) is 0 Å². The van der Waals surface area contributed by atoms with Crippen molar-refractivity contribution in [3.63, 3.8) is 0 Å². The van der Waals surface area contributed by atoms with Gasteiger partial charge in [-0.05, 0) is 41.5 Å². The summed E-state index contributed by atoms with van der Waals surface area (Å²) in [5.41, 5.74) is 3.05. The first-order valence-corrected chi connectivity index (χ1v) is 10.0. The second-order valence-corrected chi connectivity index (χ2v) is 7.61. The molecule has 0 aliphatic carbocycles. The molecular formula is C24H19ClF2N2O2. The summed E-state index contributed by atoms with van der Waals surface area (Å²) in [6.45, 7) is 0.964. The van der Waals surface area contributed by atoms with Crippen LogP contribution in [0.15, 0.2) is 66.7 Å². The molecule has 0 amide bonds. The van der Waals surface area contributed by atoms with E-state index < -0.39 is 11.8 Å². The maximum Gasteiger partial charge on any atom is 0.352 e. The first kappa shape index (κ1) is 21.0. The SMILES string of the molecule is O=C(O)c1c(CNCc2ccc(F)cc2)c2ccccc2n1Cc1ccc(F)cc1Cl. The van der Waals surface area contributed by atoms with E-state index in [4.69, 9.17) is 11.6 Å². The monoisotopic (exact) mass is 440 g/mol. The van der Waals surface area contributed by atoms with Crippen molar-refractivity contribution in [3.05, 3.63) is 106 Å². The molecule has 4 aromatic rings. The molecule has 1 heterocycles. The van der Waals surface area contributed by atoms with Gasteiger partial charge in [-0.15, -0.1) is 0 Å². The van der Waals surface area contributed by atoms with Gasteiger partial charge in [-0.25, -0.2) is 13.6 Å². The minimum Gasteiger partial charge on any atom is -0.477 e. The number of carboxylic acid groups (broad SMARTS) is 1. The summed E-state index contributed by atoms with van der Waals surface area (Å²) in [6, 6.07) is 17.6. The molecule has 4 nitrogen and oxygen atoms in total. The average molecular weight is 441 g/mol. The van der Waals surface area contributed by atoms with Crippen molar-refractivity contribution in [1.82, 2.24) is 9.88 Å². The van der Waals surface area contributed by atoms with Crippen molar-refractivity contribution >= 4 is 28.5 Å². The van der Waals surface area contributed by atoms with Gasteiger partial charge in [0.2, 0.25) is 0 Å². The molecule has 1 aromatic heterocycles. The van der Waals surface area contributed by atoms with E-state index in [0.29, 0.717) is 24.2 Å². The number of para-hydroxylation sites is 1. The summed E-state index contributed by atoms with van der Waals surface area (Å²) in [5, 5.41) is 14.3. The van der Waals surface area contributed by atoms with E-state index in [0.717, 1.165) is 16.5 Å². The Labute approximate surface area is 182 Å². The van der Waals surface area contributed by atoms with Gasteiger partial charge in [0.1, 0.15) is 17.3 Å². The zero-order chi connectivity index (χ0) is 22.0. The first-order valence-electron chi connectivity index (χ1n) is 9.66. The van der Waals surface area contributed by atoms with Crippen molar-refractivity contribution < 1.29 is 18.7 Å². The Bertz CT molecular complexity index is 1250. The molecule has 0 unspecified atom stereocenters. The summed E-state index contributed by atoms with van der Waals surface area (Å²) in [7, 11) is 0. The number of rotatable bonds is 7. The van der Waals surface area contributed by atoms with Crippen LogP contribution in [0.2, 0.25) is 5.02 Å². The number of halogens is 3. The van der Waals surface area contributed by atoms with Crippen LogP contribution < -0.4 is 5.32 Å². The summed E-state index contributed by atoms with van der Waals surface area (Å²) in [6.07, 6.45) is 0. The molecule has 7 heteroatoms. The fraction of sp³-hybridized carbons (Fsp3) is 0.125. The zero-order valence-electron chi connectivity index (χ0n) is 16.4. The van der Waals surface area contributed by atoms with Crippen LogP contribution in [0.1, 0.15) is 27.2 Å². The number of aromatic nitrogens is 1. The van der Waals surface area contributed by atoms with Gasteiger partial charge in [-0.1, -0.05) is 48.0 Å². The molecule has 3 aromatic carbocycles. The minimum atomic E-state index is -1.06. The number of nitrogens with one attached hydrogen (secondary N) is 1. The lowest BCUT2D eigenvalue weighted by Gasteiger charge is -2.11. The maximum absolute atomic E-state index is 13.4. The molecule has 0 aliphatic heterocycles. The van der Waals surface area contributed by atoms with E-state index in [1.165, 1.54) is 24.3 Å². The van der Waals surface area contributed by atoms with Crippen LogP contribution in [0.5, 0.6) is 0 Å². The lowest BCUT2D eigenvalue weighted by atomic mass is 10.1. The number of fused-ring (bicyclic) bond motifs is 1. The molecule has 0 atom stereocenters.